The van der Waals surface area contributed by atoms with Gasteiger partial charge in [0.2, 0.25) is 0 Å². The van der Waals surface area contributed by atoms with E-state index in [4.69, 9.17) is 9.47 Å². The van der Waals surface area contributed by atoms with Gasteiger partial charge in [0.15, 0.2) is 0 Å². The molecule has 0 atom stereocenters. The number of benzene rings is 3. The third-order valence-electron chi connectivity index (χ3n) is 3.98. The summed E-state index contributed by atoms with van der Waals surface area (Å²) < 4.78 is 11.6. The van der Waals surface area contributed by atoms with Crippen molar-refractivity contribution in [3.8, 4) is 11.5 Å². The van der Waals surface area contributed by atoms with Crippen molar-refractivity contribution in [2.45, 2.75) is 6.92 Å². The molecule has 0 aliphatic rings. The highest BCUT2D eigenvalue weighted by Gasteiger charge is 2.11. The molecular weight excluding hydrogens is 448 g/mol. The second kappa shape index (κ2) is 10.4. The van der Waals surface area contributed by atoms with Gasteiger partial charge >= 0.3 is 5.97 Å². The van der Waals surface area contributed by atoms with Crippen molar-refractivity contribution >= 4 is 34.0 Å². The summed E-state index contributed by atoms with van der Waals surface area (Å²) in [4.78, 5) is 24.6. The van der Waals surface area contributed by atoms with E-state index in [0.717, 1.165) is 4.47 Å². The van der Waals surface area contributed by atoms with Gasteiger partial charge in [-0.15, -0.1) is 0 Å². The van der Waals surface area contributed by atoms with E-state index in [0.29, 0.717) is 34.8 Å². The minimum Gasteiger partial charge on any atom is -0.494 e. The monoisotopic (exact) mass is 466 g/mol. The van der Waals surface area contributed by atoms with Gasteiger partial charge in [-0.3, -0.25) is 4.79 Å². The Morgan fingerprint density at radius 1 is 1.00 bits per heavy atom. The minimum atomic E-state index is -0.481. The number of nitrogens with zero attached hydrogens (tertiary/aromatic N) is 1. The molecule has 0 aliphatic carbocycles. The first-order valence-electron chi connectivity index (χ1n) is 9.20. The van der Waals surface area contributed by atoms with Crippen LogP contribution < -0.4 is 14.9 Å². The molecule has 1 amide bonds. The molecule has 0 unspecified atom stereocenters. The third-order valence-corrected chi connectivity index (χ3v) is 4.47. The van der Waals surface area contributed by atoms with Crippen LogP contribution >= 0.6 is 15.9 Å². The molecular formula is C23H19BrN2O4. The summed E-state index contributed by atoms with van der Waals surface area (Å²) in [6.45, 7) is 2.45. The molecule has 0 aliphatic heterocycles. The normalized spacial score (nSPS) is 10.6. The topological polar surface area (TPSA) is 77.0 Å². The highest BCUT2D eigenvalue weighted by molar-refractivity contribution is 9.10. The molecule has 3 rings (SSSR count). The lowest BCUT2D eigenvalue weighted by atomic mass is 10.2. The van der Waals surface area contributed by atoms with Crippen LogP contribution in [0.2, 0.25) is 0 Å². The first-order valence-corrected chi connectivity index (χ1v) is 9.99. The fraction of sp³-hybridized carbons (Fsp3) is 0.0870. The maximum atomic E-state index is 12.3. The molecule has 0 bridgehead atoms. The first-order chi connectivity index (χ1) is 14.6. The summed E-state index contributed by atoms with van der Waals surface area (Å²) in [6, 6.07) is 20.6. The van der Waals surface area contributed by atoms with Crippen molar-refractivity contribution in [1.29, 1.82) is 0 Å². The Morgan fingerprint density at radius 2 is 1.73 bits per heavy atom. The molecule has 0 heterocycles. The number of carbonyl (C=O) groups excluding carboxylic acids is 2. The van der Waals surface area contributed by atoms with E-state index < -0.39 is 5.97 Å². The lowest BCUT2D eigenvalue weighted by Crippen LogP contribution is -2.17. The number of rotatable bonds is 7. The Kier molecular flexibility index (Phi) is 7.34. The van der Waals surface area contributed by atoms with E-state index in [1.807, 2.05) is 13.0 Å². The van der Waals surface area contributed by atoms with Crippen LogP contribution in [-0.4, -0.2) is 24.7 Å². The van der Waals surface area contributed by atoms with E-state index in [2.05, 4.69) is 26.5 Å². The minimum absolute atomic E-state index is 0.325. The summed E-state index contributed by atoms with van der Waals surface area (Å²) in [6.07, 6.45) is 1.42. The molecule has 0 saturated heterocycles. The second-order valence-electron chi connectivity index (χ2n) is 6.09. The van der Waals surface area contributed by atoms with Gasteiger partial charge in [0.05, 0.1) is 18.4 Å². The summed E-state index contributed by atoms with van der Waals surface area (Å²) in [5.74, 6) is 0.167. The van der Waals surface area contributed by atoms with Crippen LogP contribution in [-0.2, 0) is 0 Å². The number of carbonyl (C=O) groups is 2. The fourth-order valence-electron chi connectivity index (χ4n) is 2.54. The van der Waals surface area contributed by atoms with E-state index >= 15 is 0 Å². The SMILES string of the molecule is CCOc1ccc(C(=O)N/N=C/c2cc(Br)ccc2OC(=O)c2ccccc2)cc1. The molecule has 6 nitrogen and oxygen atoms in total. The van der Waals surface area contributed by atoms with Gasteiger partial charge in [0.25, 0.3) is 5.91 Å². The van der Waals surface area contributed by atoms with E-state index in [1.165, 1.54) is 6.21 Å². The van der Waals surface area contributed by atoms with Crippen molar-refractivity contribution in [2.75, 3.05) is 6.61 Å². The summed E-state index contributed by atoms with van der Waals surface area (Å²) in [5.41, 5.74) is 3.87. The Bertz CT molecular complexity index is 1050. The van der Waals surface area contributed by atoms with Crippen molar-refractivity contribution in [1.82, 2.24) is 5.43 Å². The number of nitrogens with one attached hydrogen (secondary N) is 1. The number of amides is 1. The van der Waals surface area contributed by atoms with Crippen LogP contribution in [0.15, 0.2) is 82.4 Å². The van der Waals surface area contributed by atoms with Gasteiger partial charge in [0.1, 0.15) is 11.5 Å². The van der Waals surface area contributed by atoms with Gasteiger partial charge in [-0.2, -0.15) is 5.10 Å². The highest BCUT2D eigenvalue weighted by atomic mass is 79.9. The Hall–Kier alpha value is -3.45. The zero-order valence-corrected chi connectivity index (χ0v) is 17.8. The quantitative estimate of drug-likeness (QED) is 0.234. The van der Waals surface area contributed by atoms with Crippen LogP contribution in [0.5, 0.6) is 11.5 Å². The number of ether oxygens (including phenoxy) is 2. The van der Waals surface area contributed by atoms with Crippen molar-refractivity contribution in [3.05, 3.63) is 94.0 Å². The molecule has 0 aromatic heterocycles. The molecule has 1 N–H and O–H groups in total. The predicted molar refractivity (Wildman–Crippen MR) is 118 cm³/mol. The van der Waals surface area contributed by atoms with Gasteiger partial charge in [-0.05, 0) is 61.5 Å². The standard InChI is InChI=1S/C23H19BrN2O4/c1-2-29-20-11-8-16(9-12-20)22(27)26-25-15-18-14-19(24)10-13-21(18)30-23(28)17-6-4-3-5-7-17/h3-15H,2H2,1H3,(H,26,27)/b25-15+. The van der Waals surface area contributed by atoms with E-state index in [1.54, 1.807) is 66.7 Å². The molecule has 0 fully saturated rings. The molecule has 30 heavy (non-hydrogen) atoms. The van der Waals surface area contributed by atoms with Crippen LogP contribution in [0, 0.1) is 0 Å². The number of hydrogen-bond acceptors (Lipinski definition) is 5. The Morgan fingerprint density at radius 3 is 2.43 bits per heavy atom. The van der Waals surface area contributed by atoms with Gasteiger partial charge in [0, 0.05) is 15.6 Å². The molecule has 3 aromatic rings. The molecule has 0 saturated carbocycles. The number of hydrazone groups is 1. The lowest BCUT2D eigenvalue weighted by molar-refractivity contribution is 0.0734. The number of hydrogen-bond donors (Lipinski definition) is 1. The fourth-order valence-corrected chi connectivity index (χ4v) is 2.92. The number of esters is 1. The van der Waals surface area contributed by atoms with E-state index in [9.17, 15) is 9.59 Å². The Labute approximate surface area is 182 Å². The predicted octanol–water partition coefficient (Wildman–Crippen LogP) is 4.83. The average Bonchev–Trinajstić information content (AvgIpc) is 2.76. The first kappa shape index (κ1) is 21.3. The van der Waals surface area contributed by atoms with Crippen molar-refractivity contribution < 1.29 is 19.1 Å². The Balaban J connectivity index is 1.69. The largest absolute Gasteiger partial charge is 0.494 e. The molecule has 152 valence electrons. The van der Waals surface area contributed by atoms with E-state index in [-0.39, 0.29) is 5.91 Å². The molecule has 7 heteroatoms. The number of halogens is 1. The maximum Gasteiger partial charge on any atom is 0.343 e. The summed E-state index contributed by atoms with van der Waals surface area (Å²) >= 11 is 3.38. The summed E-state index contributed by atoms with van der Waals surface area (Å²) in [5, 5.41) is 3.99. The van der Waals surface area contributed by atoms with Gasteiger partial charge in [-0.25, -0.2) is 10.2 Å². The van der Waals surface area contributed by atoms with Crippen LogP contribution in [0.25, 0.3) is 0 Å². The highest BCUT2D eigenvalue weighted by Crippen LogP contribution is 2.23. The zero-order valence-electron chi connectivity index (χ0n) is 16.2. The lowest BCUT2D eigenvalue weighted by Gasteiger charge is -2.08. The molecule has 0 spiro atoms. The molecule has 0 radical (unpaired) electrons. The van der Waals surface area contributed by atoms with Gasteiger partial charge < -0.3 is 9.47 Å². The van der Waals surface area contributed by atoms with Gasteiger partial charge in [-0.1, -0.05) is 34.1 Å². The molecule has 3 aromatic carbocycles. The van der Waals surface area contributed by atoms with Crippen LogP contribution in [0.4, 0.5) is 0 Å². The van der Waals surface area contributed by atoms with Crippen LogP contribution in [0.3, 0.4) is 0 Å². The summed E-state index contributed by atoms with van der Waals surface area (Å²) in [7, 11) is 0. The maximum absolute atomic E-state index is 12.3. The smallest absolute Gasteiger partial charge is 0.343 e. The van der Waals surface area contributed by atoms with Crippen molar-refractivity contribution in [2.24, 2.45) is 5.10 Å². The average molecular weight is 467 g/mol. The second-order valence-corrected chi connectivity index (χ2v) is 7.01. The zero-order chi connectivity index (χ0) is 21.3. The van der Waals surface area contributed by atoms with Crippen LogP contribution in [0.1, 0.15) is 33.2 Å². The van der Waals surface area contributed by atoms with Crippen molar-refractivity contribution in [3.63, 3.8) is 0 Å². The third kappa shape index (κ3) is 5.78.